The number of Topliss-reactive ketones (excluding diaryl/α,β-unsaturated/α-hetero) is 1. The highest BCUT2D eigenvalue weighted by Crippen LogP contribution is 2.28. The van der Waals surface area contributed by atoms with Crippen LogP contribution in [0.4, 0.5) is 5.69 Å². The smallest absolute Gasteiger partial charge is 0.299 e. The first-order valence-electron chi connectivity index (χ1n) is 6.40. The zero-order valence-electron chi connectivity index (χ0n) is 10.8. The average molecular weight is 267 g/mol. The number of carbonyl (C=O) groups is 2. The fraction of sp³-hybridized carbons (Fsp3) is 0.125. The second kappa shape index (κ2) is 5.17. The third kappa shape index (κ3) is 2.16. The standard InChI is InChI=1S/C16H13NO3/c18-15-13-8-4-5-9-14(13)17(16(15)19)10-11-20-12-6-2-1-3-7-12/h1-9H,10-11H2. The maximum atomic E-state index is 11.9. The second-order valence-electron chi connectivity index (χ2n) is 4.46. The van der Waals surface area contributed by atoms with Crippen LogP contribution in [0.2, 0.25) is 0 Å². The number of anilines is 1. The summed E-state index contributed by atoms with van der Waals surface area (Å²) < 4.78 is 5.56. The van der Waals surface area contributed by atoms with Gasteiger partial charge >= 0.3 is 0 Å². The lowest BCUT2D eigenvalue weighted by Gasteiger charge is -2.16. The van der Waals surface area contributed by atoms with E-state index in [-0.39, 0.29) is 0 Å². The molecule has 0 fully saturated rings. The minimum Gasteiger partial charge on any atom is -0.492 e. The normalized spacial score (nSPS) is 13.5. The van der Waals surface area contributed by atoms with Gasteiger partial charge in [-0.3, -0.25) is 9.59 Å². The summed E-state index contributed by atoms with van der Waals surface area (Å²) in [7, 11) is 0. The molecule has 1 aliphatic rings. The highest BCUT2D eigenvalue weighted by Gasteiger charge is 2.34. The maximum Gasteiger partial charge on any atom is 0.299 e. The summed E-state index contributed by atoms with van der Waals surface area (Å²) in [4.78, 5) is 25.2. The van der Waals surface area contributed by atoms with E-state index in [1.54, 1.807) is 18.2 Å². The summed E-state index contributed by atoms with van der Waals surface area (Å²) in [5.41, 5.74) is 1.14. The predicted octanol–water partition coefficient (Wildman–Crippen LogP) is 2.29. The fourth-order valence-electron chi connectivity index (χ4n) is 2.24. The van der Waals surface area contributed by atoms with Crippen molar-refractivity contribution in [3.63, 3.8) is 0 Å². The van der Waals surface area contributed by atoms with Crippen molar-refractivity contribution in [2.75, 3.05) is 18.1 Å². The van der Waals surface area contributed by atoms with Crippen LogP contribution in [0.1, 0.15) is 10.4 Å². The van der Waals surface area contributed by atoms with Crippen LogP contribution >= 0.6 is 0 Å². The van der Waals surface area contributed by atoms with E-state index in [9.17, 15) is 9.59 Å². The first kappa shape index (κ1) is 12.4. The Labute approximate surface area is 116 Å². The SMILES string of the molecule is O=C1C(=O)N(CCOc2ccccc2)c2ccccc21. The van der Waals surface area contributed by atoms with Gasteiger partial charge < -0.3 is 9.64 Å². The number of ether oxygens (including phenoxy) is 1. The van der Waals surface area contributed by atoms with Gasteiger partial charge in [0.15, 0.2) is 0 Å². The molecule has 100 valence electrons. The summed E-state index contributed by atoms with van der Waals surface area (Å²) in [6.07, 6.45) is 0. The molecule has 0 aromatic heterocycles. The number of ketones is 1. The Bertz CT molecular complexity index is 652. The van der Waals surface area contributed by atoms with Crippen LogP contribution in [0.5, 0.6) is 5.75 Å². The monoisotopic (exact) mass is 267 g/mol. The molecule has 3 rings (SSSR count). The Kier molecular flexibility index (Phi) is 3.21. The fourth-order valence-corrected chi connectivity index (χ4v) is 2.24. The van der Waals surface area contributed by atoms with E-state index in [1.807, 2.05) is 36.4 Å². The molecule has 1 amide bonds. The first-order chi connectivity index (χ1) is 9.77. The van der Waals surface area contributed by atoms with Crippen molar-refractivity contribution in [2.24, 2.45) is 0 Å². The molecule has 0 saturated heterocycles. The van der Waals surface area contributed by atoms with E-state index >= 15 is 0 Å². The van der Waals surface area contributed by atoms with Gasteiger partial charge in [0, 0.05) is 0 Å². The van der Waals surface area contributed by atoms with Crippen LogP contribution in [-0.2, 0) is 4.79 Å². The first-order valence-corrected chi connectivity index (χ1v) is 6.40. The molecule has 0 atom stereocenters. The zero-order chi connectivity index (χ0) is 13.9. The lowest BCUT2D eigenvalue weighted by Crippen LogP contribution is -2.33. The molecule has 2 aromatic carbocycles. The van der Waals surface area contributed by atoms with Gasteiger partial charge in [-0.1, -0.05) is 30.3 Å². The Hall–Kier alpha value is -2.62. The van der Waals surface area contributed by atoms with Crippen LogP contribution < -0.4 is 9.64 Å². The molecule has 0 bridgehead atoms. The van der Waals surface area contributed by atoms with E-state index in [2.05, 4.69) is 0 Å². The number of hydrogen-bond donors (Lipinski definition) is 0. The summed E-state index contributed by atoms with van der Waals surface area (Å²) in [5, 5.41) is 0. The molecule has 0 spiro atoms. The average Bonchev–Trinajstić information content (AvgIpc) is 2.74. The van der Waals surface area contributed by atoms with Gasteiger partial charge in [-0.2, -0.15) is 0 Å². The zero-order valence-corrected chi connectivity index (χ0v) is 10.8. The highest BCUT2D eigenvalue weighted by molar-refractivity contribution is 6.52. The molecule has 1 aliphatic heterocycles. The Morgan fingerprint density at radius 1 is 0.900 bits per heavy atom. The van der Waals surface area contributed by atoms with Gasteiger partial charge in [0.25, 0.3) is 11.7 Å². The Morgan fingerprint density at radius 2 is 1.60 bits per heavy atom. The van der Waals surface area contributed by atoms with Crippen molar-refractivity contribution in [3.8, 4) is 5.75 Å². The third-order valence-corrected chi connectivity index (χ3v) is 3.21. The third-order valence-electron chi connectivity index (χ3n) is 3.21. The molecule has 0 saturated carbocycles. The van der Waals surface area contributed by atoms with E-state index < -0.39 is 11.7 Å². The van der Waals surface area contributed by atoms with Gasteiger partial charge in [-0.25, -0.2) is 0 Å². The van der Waals surface area contributed by atoms with Gasteiger partial charge in [0.2, 0.25) is 0 Å². The summed E-state index contributed by atoms with van der Waals surface area (Å²) in [6.45, 7) is 0.702. The van der Waals surface area contributed by atoms with Gasteiger partial charge in [0.05, 0.1) is 17.8 Å². The summed E-state index contributed by atoms with van der Waals surface area (Å²) in [6, 6.07) is 16.4. The highest BCUT2D eigenvalue weighted by atomic mass is 16.5. The number of benzene rings is 2. The number of hydrogen-bond acceptors (Lipinski definition) is 3. The number of rotatable bonds is 4. The second-order valence-corrected chi connectivity index (χ2v) is 4.46. The molecular weight excluding hydrogens is 254 g/mol. The molecule has 0 N–H and O–H groups in total. The van der Waals surface area contributed by atoms with E-state index in [1.165, 1.54) is 4.90 Å². The van der Waals surface area contributed by atoms with Crippen molar-refractivity contribution < 1.29 is 14.3 Å². The summed E-state index contributed by atoms with van der Waals surface area (Å²) in [5.74, 6) is -0.179. The summed E-state index contributed by atoms with van der Waals surface area (Å²) >= 11 is 0. The Balaban J connectivity index is 1.69. The molecule has 4 nitrogen and oxygen atoms in total. The van der Waals surface area contributed by atoms with Crippen molar-refractivity contribution in [1.82, 2.24) is 0 Å². The van der Waals surface area contributed by atoms with Crippen LogP contribution in [0, 0.1) is 0 Å². The topological polar surface area (TPSA) is 46.6 Å². The van der Waals surface area contributed by atoms with Crippen molar-refractivity contribution >= 4 is 17.4 Å². The number of amides is 1. The van der Waals surface area contributed by atoms with Crippen molar-refractivity contribution in [3.05, 3.63) is 60.2 Å². The lowest BCUT2D eigenvalue weighted by molar-refractivity contribution is -0.114. The van der Waals surface area contributed by atoms with Crippen LogP contribution in [0.15, 0.2) is 54.6 Å². The molecule has 2 aromatic rings. The van der Waals surface area contributed by atoms with Crippen LogP contribution in [0.3, 0.4) is 0 Å². The van der Waals surface area contributed by atoms with Gasteiger partial charge in [-0.05, 0) is 24.3 Å². The molecule has 0 radical (unpaired) electrons. The van der Waals surface area contributed by atoms with Crippen LogP contribution in [-0.4, -0.2) is 24.8 Å². The number of fused-ring (bicyclic) bond motifs is 1. The van der Waals surface area contributed by atoms with E-state index in [0.717, 1.165) is 5.75 Å². The number of carbonyl (C=O) groups excluding carboxylic acids is 2. The maximum absolute atomic E-state index is 11.9. The molecule has 1 heterocycles. The Morgan fingerprint density at radius 3 is 2.40 bits per heavy atom. The molecule has 0 aliphatic carbocycles. The lowest BCUT2D eigenvalue weighted by atomic mass is 10.1. The van der Waals surface area contributed by atoms with Crippen LogP contribution in [0.25, 0.3) is 0 Å². The van der Waals surface area contributed by atoms with Crippen molar-refractivity contribution in [1.29, 1.82) is 0 Å². The van der Waals surface area contributed by atoms with E-state index in [4.69, 9.17) is 4.74 Å². The molecular formula is C16H13NO3. The van der Waals surface area contributed by atoms with Gasteiger partial charge in [0.1, 0.15) is 12.4 Å². The van der Waals surface area contributed by atoms with E-state index in [0.29, 0.717) is 24.4 Å². The quantitative estimate of drug-likeness (QED) is 0.798. The van der Waals surface area contributed by atoms with Crippen molar-refractivity contribution in [2.45, 2.75) is 0 Å². The number of nitrogens with zero attached hydrogens (tertiary/aromatic N) is 1. The predicted molar refractivity (Wildman–Crippen MR) is 75.1 cm³/mol. The number of para-hydroxylation sites is 2. The molecule has 20 heavy (non-hydrogen) atoms. The minimum absolute atomic E-state index is 0.345. The largest absolute Gasteiger partial charge is 0.492 e. The minimum atomic E-state index is -0.483. The molecule has 0 unspecified atom stereocenters. The molecule has 4 heteroatoms. The van der Waals surface area contributed by atoms with Gasteiger partial charge in [-0.15, -0.1) is 0 Å².